The molecule has 0 fully saturated rings. The van der Waals surface area contributed by atoms with Crippen LogP contribution in [-0.2, 0) is 5.75 Å². The van der Waals surface area contributed by atoms with E-state index < -0.39 is 0 Å². The molecule has 1 heterocycles. The summed E-state index contributed by atoms with van der Waals surface area (Å²) in [5.74, 6) is 0.819. The summed E-state index contributed by atoms with van der Waals surface area (Å²) >= 11 is 1.52. The first-order chi connectivity index (χ1) is 9.63. The molecule has 0 aliphatic carbocycles. The summed E-state index contributed by atoms with van der Waals surface area (Å²) in [6.07, 6.45) is 0. The minimum atomic E-state index is 0.0658. The van der Waals surface area contributed by atoms with Gasteiger partial charge < -0.3 is 10.9 Å². The topological polar surface area (TPSA) is 84.4 Å². The Bertz CT molecular complexity index is 629. The molecule has 0 amide bonds. The van der Waals surface area contributed by atoms with E-state index in [2.05, 4.69) is 15.4 Å². The van der Waals surface area contributed by atoms with Gasteiger partial charge in [0.2, 0.25) is 0 Å². The Morgan fingerprint density at radius 2 is 1.95 bits per heavy atom. The van der Waals surface area contributed by atoms with Gasteiger partial charge in [-0.1, -0.05) is 47.2 Å². The second-order valence-electron chi connectivity index (χ2n) is 4.35. The Balaban J connectivity index is 2.30. The van der Waals surface area contributed by atoms with Gasteiger partial charge in [0.1, 0.15) is 5.03 Å². The lowest BCUT2D eigenvalue weighted by Gasteiger charge is -2.11. The fraction of sp³-hybridized carbons (Fsp3) is 0.214. The molecule has 1 aromatic heterocycles. The molecule has 0 aliphatic heterocycles. The van der Waals surface area contributed by atoms with Gasteiger partial charge in [0.15, 0.2) is 5.84 Å². The first-order valence-electron chi connectivity index (χ1n) is 6.12. The van der Waals surface area contributed by atoms with Crippen molar-refractivity contribution in [1.29, 1.82) is 0 Å². The third kappa shape index (κ3) is 3.08. The predicted molar refractivity (Wildman–Crippen MR) is 80.0 cm³/mol. The highest BCUT2D eigenvalue weighted by Gasteiger charge is 2.15. The zero-order valence-corrected chi connectivity index (χ0v) is 12.2. The number of aromatic nitrogens is 2. The molecule has 1 aromatic carbocycles. The van der Waals surface area contributed by atoms with Crippen molar-refractivity contribution in [2.75, 3.05) is 0 Å². The lowest BCUT2D eigenvalue weighted by atomic mass is 10.1. The van der Waals surface area contributed by atoms with Crippen LogP contribution in [0.4, 0.5) is 0 Å². The van der Waals surface area contributed by atoms with Gasteiger partial charge in [-0.15, -0.1) is 5.10 Å². The van der Waals surface area contributed by atoms with E-state index in [9.17, 15) is 0 Å². The zero-order valence-electron chi connectivity index (χ0n) is 11.4. The number of oxime groups is 1. The largest absolute Gasteiger partial charge is 0.409 e. The van der Waals surface area contributed by atoms with Crippen LogP contribution in [0.15, 0.2) is 40.5 Å². The third-order valence-corrected chi connectivity index (χ3v) is 4.04. The summed E-state index contributed by atoms with van der Waals surface area (Å²) in [5.41, 5.74) is 9.24. The van der Waals surface area contributed by atoms with E-state index in [1.54, 1.807) is 0 Å². The average molecular weight is 288 g/mol. The smallest absolute Gasteiger partial charge is 0.173 e. The number of nitrogens with two attached hydrogens (primary N) is 1. The number of nitrogens with zero attached hydrogens (tertiary/aromatic N) is 3. The van der Waals surface area contributed by atoms with Gasteiger partial charge in [-0.05, 0) is 25.0 Å². The van der Waals surface area contributed by atoms with Gasteiger partial charge in [-0.3, -0.25) is 0 Å². The number of benzene rings is 1. The van der Waals surface area contributed by atoms with Crippen molar-refractivity contribution in [3.8, 4) is 0 Å². The molecule has 0 saturated carbocycles. The standard InChI is InChI=1S/C14H16N4OS/c1-9-10(2)16-17-14(12(9)13(15)18-19)20-8-11-6-4-3-5-7-11/h3-7,19H,8H2,1-2H3,(H2,15,18). The molecule has 0 unspecified atom stereocenters. The van der Waals surface area contributed by atoms with Crippen LogP contribution in [0.2, 0.25) is 0 Å². The van der Waals surface area contributed by atoms with Crippen LogP contribution >= 0.6 is 11.8 Å². The van der Waals surface area contributed by atoms with E-state index in [4.69, 9.17) is 10.9 Å². The molecule has 3 N–H and O–H groups in total. The third-order valence-electron chi connectivity index (χ3n) is 3.00. The van der Waals surface area contributed by atoms with Crippen molar-refractivity contribution in [1.82, 2.24) is 10.2 Å². The van der Waals surface area contributed by atoms with Crippen molar-refractivity contribution in [2.24, 2.45) is 10.9 Å². The predicted octanol–water partition coefficient (Wildman–Crippen LogP) is 2.48. The van der Waals surface area contributed by atoms with E-state index in [-0.39, 0.29) is 5.84 Å². The van der Waals surface area contributed by atoms with Crippen molar-refractivity contribution >= 4 is 17.6 Å². The summed E-state index contributed by atoms with van der Waals surface area (Å²) in [4.78, 5) is 0. The summed E-state index contributed by atoms with van der Waals surface area (Å²) in [7, 11) is 0. The maximum atomic E-state index is 8.92. The van der Waals surface area contributed by atoms with Crippen LogP contribution in [0.1, 0.15) is 22.4 Å². The van der Waals surface area contributed by atoms with Gasteiger partial charge in [0.05, 0.1) is 11.3 Å². The molecule has 2 aromatic rings. The van der Waals surface area contributed by atoms with Gasteiger partial charge in [-0.2, -0.15) is 5.10 Å². The molecule has 104 valence electrons. The van der Waals surface area contributed by atoms with E-state index in [1.807, 2.05) is 44.2 Å². The first-order valence-corrected chi connectivity index (χ1v) is 7.10. The molecule has 6 heteroatoms. The maximum absolute atomic E-state index is 8.92. The van der Waals surface area contributed by atoms with Crippen LogP contribution in [-0.4, -0.2) is 21.2 Å². The molecule has 0 spiro atoms. The van der Waals surface area contributed by atoms with E-state index in [0.29, 0.717) is 10.6 Å². The monoisotopic (exact) mass is 288 g/mol. The highest BCUT2D eigenvalue weighted by Crippen LogP contribution is 2.26. The first kappa shape index (κ1) is 14.3. The Kier molecular flexibility index (Phi) is 4.57. The quantitative estimate of drug-likeness (QED) is 0.297. The molecule has 0 bridgehead atoms. The van der Waals surface area contributed by atoms with Crippen molar-refractivity contribution in [3.05, 3.63) is 52.7 Å². The van der Waals surface area contributed by atoms with Crippen molar-refractivity contribution in [2.45, 2.75) is 24.6 Å². The van der Waals surface area contributed by atoms with Gasteiger partial charge in [-0.25, -0.2) is 0 Å². The van der Waals surface area contributed by atoms with Gasteiger partial charge in [0.25, 0.3) is 0 Å². The summed E-state index contributed by atoms with van der Waals surface area (Å²) in [5, 5.41) is 21.0. The van der Waals surface area contributed by atoms with Crippen LogP contribution in [0.5, 0.6) is 0 Å². The van der Waals surface area contributed by atoms with Crippen LogP contribution in [0.25, 0.3) is 0 Å². The molecule has 2 rings (SSSR count). The highest BCUT2D eigenvalue weighted by molar-refractivity contribution is 7.98. The van der Waals surface area contributed by atoms with Crippen molar-refractivity contribution in [3.63, 3.8) is 0 Å². The number of hydrogen-bond acceptors (Lipinski definition) is 5. The zero-order chi connectivity index (χ0) is 14.5. The second-order valence-corrected chi connectivity index (χ2v) is 5.31. The summed E-state index contributed by atoms with van der Waals surface area (Å²) < 4.78 is 0. The molecule has 5 nitrogen and oxygen atoms in total. The summed E-state index contributed by atoms with van der Waals surface area (Å²) in [6.45, 7) is 3.74. The molecule has 0 saturated heterocycles. The highest BCUT2D eigenvalue weighted by atomic mass is 32.2. The fourth-order valence-corrected chi connectivity index (χ4v) is 2.76. The number of aryl methyl sites for hydroxylation is 1. The Morgan fingerprint density at radius 1 is 1.25 bits per heavy atom. The lowest BCUT2D eigenvalue weighted by molar-refractivity contribution is 0.318. The fourth-order valence-electron chi connectivity index (χ4n) is 1.77. The Hall–Kier alpha value is -2.08. The number of thioether (sulfide) groups is 1. The van der Waals surface area contributed by atoms with Gasteiger partial charge >= 0.3 is 0 Å². The van der Waals surface area contributed by atoms with Crippen LogP contribution < -0.4 is 5.73 Å². The average Bonchev–Trinajstić information content (AvgIpc) is 2.48. The van der Waals surface area contributed by atoms with E-state index in [0.717, 1.165) is 17.0 Å². The number of amidine groups is 1. The lowest BCUT2D eigenvalue weighted by Crippen LogP contribution is -2.18. The molecule has 0 radical (unpaired) electrons. The molecular weight excluding hydrogens is 272 g/mol. The van der Waals surface area contributed by atoms with Gasteiger partial charge in [0, 0.05) is 5.75 Å². The van der Waals surface area contributed by atoms with E-state index >= 15 is 0 Å². The van der Waals surface area contributed by atoms with Crippen LogP contribution in [0.3, 0.4) is 0 Å². The minimum Gasteiger partial charge on any atom is -0.409 e. The molecule has 20 heavy (non-hydrogen) atoms. The molecule has 0 atom stereocenters. The number of hydrogen-bond donors (Lipinski definition) is 2. The minimum absolute atomic E-state index is 0.0658. The molecular formula is C14H16N4OS. The van der Waals surface area contributed by atoms with E-state index in [1.165, 1.54) is 17.3 Å². The van der Waals surface area contributed by atoms with Crippen molar-refractivity contribution < 1.29 is 5.21 Å². The number of rotatable bonds is 4. The molecule has 0 aliphatic rings. The second kappa shape index (κ2) is 6.38. The van der Waals surface area contributed by atoms with Crippen LogP contribution in [0, 0.1) is 13.8 Å². The maximum Gasteiger partial charge on any atom is 0.173 e. The summed E-state index contributed by atoms with van der Waals surface area (Å²) in [6, 6.07) is 10.1. The Morgan fingerprint density at radius 3 is 2.60 bits per heavy atom. The Labute approximate surface area is 121 Å². The SMILES string of the molecule is Cc1nnc(SCc2ccccc2)c(/C(N)=N/O)c1C. The normalized spacial score (nSPS) is 11.6.